The van der Waals surface area contributed by atoms with Crippen molar-refractivity contribution in [1.82, 2.24) is 0 Å². The number of halogens is 1. The Labute approximate surface area is 171 Å². The van der Waals surface area contributed by atoms with Gasteiger partial charge in [0.1, 0.15) is 28.4 Å². The molecule has 0 radical (unpaired) electrons. The number of fused-ring (bicyclic) bond motifs is 3. The van der Waals surface area contributed by atoms with Crippen LogP contribution in [0.3, 0.4) is 0 Å². The Morgan fingerprint density at radius 1 is 0.966 bits per heavy atom. The Morgan fingerprint density at radius 3 is 2.52 bits per heavy atom. The fourth-order valence-corrected chi connectivity index (χ4v) is 3.32. The molecular formula is C22H18ClNO5. The number of carbonyl (C=O) groups excluding carboxylic acids is 1. The van der Waals surface area contributed by atoms with E-state index in [1.54, 1.807) is 18.2 Å². The van der Waals surface area contributed by atoms with Crippen LogP contribution in [0, 0.1) is 0 Å². The lowest BCUT2D eigenvalue weighted by molar-refractivity contribution is -0.118. The number of furan rings is 1. The number of carbonyl (C=O) groups is 1. The third-order valence-corrected chi connectivity index (χ3v) is 4.76. The van der Waals surface area contributed by atoms with Crippen LogP contribution in [-0.4, -0.2) is 26.7 Å². The standard InChI is InChI=1S/C22H18ClNO5/c1-26-20-11-17(21(27-2)10-16(20)23)24-22(25)12-28-13-7-8-19-15(9-13)14-5-3-4-6-18(14)29-19/h3-11H,12H2,1-2H3,(H,24,25). The monoisotopic (exact) mass is 411 g/mol. The maximum atomic E-state index is 12.4. The molecule has 0 bridgehead atoms. The van der Waals surface area contributed by atoms with Crippen molar-refractivity contribution >= 4 is 45.1 Å². The Balaban J connectivity index is 1.49. The summed E-state index contributed by atoms with van der Waals surface area (Å²) >= 11 is 6.09. The SMILES string of the molecule is COc1cc(NC(=O)COc2ccc3oc4ccccc4c3c2)c(OC)cc1Cl. The molecule has 1 aromatic heterocycles. The van der Waals surface area contributed by atoms with Crippen molar-refractivity contribution in [2.24, 2.45) is 0 Å². The van der Waals surface area contributed by atoms with Crippen LogP contribution < -0.4 is 19.5 Å². The number of rotatable bonds is 6. The van der Waals surface area contributed by atoms with Gasteiger partial charge in [-0.25, -0.2) is 0 Å². The Bertz CT molecular complexity index is 1200. The molecule has 1 amide bonds. The summed E-state index contributed by atoms with van der Waals surface area (Å²) in [6.45, 7) is -0.171. The third-order valence-electron chi connectivity index (χ3n) is 4.47. The normalized spacial score (nSPS) is 10.9. The van der Waals surface area contributed by atoms with Crippen LogP contribution in [-0.2, 0) is 4.79 Å². The van der Waals surface area contributed by atoms with Crippen molar-refractivity contribution in [3.05, 3.63) is 59.6 Å². The van der Waals surface area contributed by atoms with E-state index < -0.39 is 0 Å². The summed E-state index contributed by atoms with van der Waals surface area (Å²) in [5, 5.41) is 5.07. The third kappa shape index (κ3) is 3.79. The highest BCUT2D eigenvalue weighted by molar-refractivity contribution is 6.32. The summed E-state index contributed by atoms with van der Waals surface area (Å²) in [6, 6.07) is 16.4. The van der Waals surface area contributed by atoms with Crippen LogP contribution in [0.15, 0.2) is 59.0 Å². The second kappa shape index (κ2) is 7.93. The minimum atomic E-state index is -0.343. The van der Waals surface area contributed by atoms with Crippen molar-refractivity contribution < 1.29 is 23.4 Å². The minimum absolute atomic E-state index is 0.171. The summed E-state index contributed by atoms with van der Waals surface area (Å²) in [6.07, 6.45) is 0. The van der Waals surface area contributed by atoms with E-state index in [9.17, 15) is 4.79 Å². The van der Waals surface area contributed by atoms with E-state index in [2.05, 4.69) is 5.32 Å². The first kappa shape index (κ1) is 19.0. The molecular weight excluding hydrogens is 394 g/mol. The molecule has 7 heteroatoms. The maximum absolute atomic E-state index is 12.4. The Morgan fingerprint density at radius 2 is 1.72 bits per heavy atom. The van der Waals surface area contributed by atoms with Crippen LogP contribution >= 0.6 is 11.6 Å². The Kier molecular flexibility index (Phi) is 5.18. The van der Waals surface area contributed by atoms with Gasteiger partial charge in [0.15, 0.2) is 6.61 Å². The molecule has 0 atom stereocenters. The van der Waals surface area contributed by atoms with Crippen LogP contribution in [0.4, 0.5) is 5.69 Å². The number of methoxy groups -OCH3 is 2. The van der Waals surface area contributed by atoms with Gasteiger partial charge in [-0.2, -0.15) is 0 Å². The van der Waals surface area contributed by atoms with Gasteiger partial charge in [-0.1, -0.05) is 29.8 Å². The fourth-order valence-electron chi connectivity index (χ4n) is 3.09. The molecule has 148 valence electrons. The smallest absolute Gasteiger partial charge is 0.262 e. The van der Waals surface area contributed by atoms with Gasteiger partial charge in [-0.05, 0) is 24.3 Å². The highest BCUT2D eigenvalue weighted by Gasteiger charge is 2.14. The zero-order chi connectivity index (χ0) is 20.4. The molecule has 1 heterocycles. The van der Waals surface area contributed by atoms with E-state index in [4.69, 9.17) is 30.2 Å². The van der Waals surface area contributed by atoms with Gasteiger partial charge in [0.25, 0.3) is 5.91 Å². The molecule has 0 aliphatic heterocycles. The van der Waals surface area contributed by atoms with Crippen molar-refractivity contribution in [2.45, 2.75) is 0 Å². The highest BCUT2D eigenvalue weighted by Crippen LogP contribution is 2.36. The molecule has 0 spiro atoms. The van der Waals surface area contributed by atoms with E-state index in [1.165, 1.54) is 14.2 Å². The summed E-state index contributed by atoms with van der Waals surface area (Å²) in [5.74, 6) is 1.08. The van der Waals surface area contributed by atoms with Crippen molar-refractivity contribution in [3.63, 3.8) is 0 Å². The first-order chi connectivity index (χ1) is 14.1. The van der Waals surface area contributed by atoms with Crippen LogP contribution in [0.25, 0.3) is 21.9 Å². The van der Waals surface area contributed by atoms with Crippen molar-refractivity contribution in [1.29, 1.82) is 0 Å². The number of ether oxygens (including phenoxy) is 3. The summed E-state index contributed by atoms with van der Waals surface area (Å²) in [5.41, 5.74) is 2.01. The van der Waals surface area contributed by atoms with Crippen molar-refractivity contribution in [2.75, 3.05) is 26.1 Å². The molecule has 1 N–H and O–H groups in total. The van der Waals surface area contributed by atoms with E-state index in [0.29, 0.717) is 28.0 Å². The molecule has 3 aromatic carbocycles. The molecule has 0 unspecified atom stereocenters. The zero-order valence-electron chi connectivity index (χ0n) is 15.8. The van der Waals surface area contributed by atoms with Gasteiger partial charge < -0.3 is 23.9 Å². The van der Waals surface area contributed by atoms with E-state index in [1.807, 2.05) is 36.4 Å². The molecule has 4 aromatic rings. The zero-order valence-corrected chi connectivity index (χ0v) is 16.6. The summed E-state index contributed by atoms with van der Waals surface area (Å²) < 4.78 is 21.9. The highest BCUT2D eigenvalue weighted by atomic mass is 35.5. The van der Waals surface area contributed by atoms with Gasteiger partial charge in [0, 0.05) is 22.9 Å². The van der Waals surface area contributed by atoms with E-state index >= 15 is 0 Å². The van der Waals surface area contributed by atoms with E-state index in [-0.39, 0.29) is 12.5 Å². The molecule has 0 saturated heterocycles. The van der Waals surface area contributed by atoms with Gasteiger partial charge in [-0.3, -0.25) is 4.79 Å². The maximum Gasteiger partial charge on any atom is 0.262 e. The van der Waals surface area contributed by atoms with Gasteiger partial charge in [0.2, 0.25) is 0 Å². The molecule has 0 saturated carbocycles. The molecule has 0 fully saturated rings. The van der Waals surface area contributed by atoms with Gasteiger partial charge in [-0.15, -0.1) is 0 Å². The Hall–Kier alpha value is -3.38. The number of hydrogen-bond acceptors (Lipinski definition) is 5. The fraction of sp³-hybridized carbons (Fsp3) is 0.136. The first-order valence-corrected chi connectivity index (χ1v) is 9.22. The average Bonchev–Trinajstić information content (AvgIpc) is 3.11. The number of benzene rings is 3. The van der Waals surface area contributed by atoms with Crippen LogP contribution in [0.5, 0.6) is 17.2 Å². The van der Waals surface area contributed by atoms with Crippen LogP contribution in [0.1, 0.15) is 0 Å². The van der Waals surface area contributed by atoms with Crippen LogP contribution in [0.2, 0.25) is 5.02 Å². The quantitative estimate of drug-likeness (QED) is 0.467. The molecule has 0 aliphatic rings. The number of anilines is 1. The topological polar surface area (TPSA) is 69.9 Å². The predicted molar refractivity (Wildman–Crippen MR) is 112 cm³/mol. The number of amides is 1. The molecule has 29 heavy (non-hydrogen) atoms. The van der Waals surface area contributed by atoms with Gasteiger partial charge in [0.05, 0.1) is 24.9 Å². The van der Waals surface area contributed by atoms with Crippen molar-refractivity contribution in [3.8, 4) is 17.2 Å². The molecule has 0 aliphatic carbocycles. The van der Waals surface area contributed by atoms with Gasteiger partial charge >= 0.3 is 0 Å². The second-order valence-electron chi connectivity index (χ2n) is 6.28. The largest absolute Gasteiger partial charge is 0.495 e. The summed E-state index contributed by atoms with van der Waals surface area (Å²) in [4.78, 5) is 12.4. The minimum Gasteiger partial charge on any atom is -0.495 e. The summed E-state index contributed by atoms with van der Waals surface area (Å²) in [7, 11) is 2.99. The molecule has 6 nitrogen and oxygen atoms in total. The predicted octanol–water partition coefficient (Wildman–Crippen LogP) is 5.27. The first-order valence-electron chi connectivity index (χ1n) is 8.84. The second-order valence-corrected chi connectivity index (χ2v) is 6.69. The number of para-hydroxylation sites is 1. The lowest BCUT2D eigenvalue weighted by atomic mass is 10.1. The average molecular weight is 412 g/mol. The van der Waals surface area contributed by atoms with E-state index in [0.717, 1.165) is 21.9 Å². The lowest BCUT2D eigenvalue weighted by Gasteiger charge is -2.13. The number of nitrogens with one attached hydrogen (secondary N) is 1. The number of hydrogen-bond donors (Lipinski definition) is 1. The lowest BCUT2D eigenvalue weighted by Crippen LogP contribution is -2.20. The molecule has 4 rings (SSSR count).